The number of ether oxygens (including phenoxy) is 2. The van der Waals surface area contributed by atoms with Crippen molar-refractivity contribution in [1.29, 1.82) is 0 Å². The van der Waals surface area contributed by atoms with E-state index in [2.05, 4.69) is 6.58 Å². The Balaban J connectivity index is 3.18. The van der Waals surface area contributed by atoms with Crippen LogP contribution in [0.4, 0.5) is 0 Å². The number of benzene rings is 1. The van der Waals surface area contributed by atoms with Crippen molar-refractivity contribution >= 4 is 11.7 Å². The van der Waals surface area contributed by atoms with Crippen LogP contribution in [0.25, 0.3) is 5.76 Å². The molecule has 1 N–H and O–H groups in total. The zero-order valence-corrected chi connectivity index (χ0v) is 10.2. The van der Waals surface area contributed by atoms with E-state index in [1.54, 1.807) is 6.07 Å². The minimum Gasteiger partial charge on any atom is -0.497 e. The summed E-state index contributed by atoms with van der Waals surface area (Å²) in [5.74, 6) is -0.112. The van der Waals surface area contributed by atoms with Crippen LogP contribution in [0.5, 0.6) is 5.75 Å². The Morgan fingerprint density at radius 1 is 1.29 bits per heavy atom. The van der Waals surface area contributed by atoms with Gasteiger partial charge in [0.05, 0.1) is 18.8 Å². The van der Waals surface area contributed by atoms with E-state index in [0.29, 0.717) is 17.1 Å². The maximum Gasteiger partial charge on any atom is 0.335 e. The van der Waals surface area contributed by atoms with Crippen LogP contribution in [0, 0.1) is 0 Å². The Labute approximate surface area is 100 Å². The maximum absolute atomic E-state index is 11.0. The van der Waals surface area contributed by atoms with Crippen LogP contribution in [0.3, 0.4) is 0 Å². The minimum absolute atomic E-state index is 0.0253. The fourth-order valence-corrected chi connectivity index (χ4v) is 1.34. The van der Waals surface area contributed by atoms with Crippen LogP contribution in [-0.2, 0) is 4.74 Å². The van der Waals surface area contributed by atoms with Crippen LogP contribution in [0.2, 0.25) is 0 Å². The number of aromatic carboxylic acids is 1. The van der Waals surface area contributed by atoms with E-state index in [9.17, 15) is 4.79 Å². The quantitative estimate of drug-likeness (QED) is 0.799. The molecule has 0 saturated carbocycles. The third-order valence-electron chi connectivity index (χ3n) is 2.09. The molecule has 17 heavy (non-hydrogen) atoms. The van der Waals surface area contributed by atoms with Gasteiger partial charge in [-0.1, -0.05) is 6.58 Å². The molecule has 0 aliphatic heterocycles. The topological polar surface area (TPSA) is 55.8 Å². The van der Waals surface area contributed by atoms with Gasteiger partial charge in [0, 0.05) is 5.56 Å². The lowest BCUT2D eigenvalue weighted by Gasteiger charge is -2.13. The molecule has 0 fully saturated rings. The van der Waals surface area contributed by atoms with Gasteiger partial charge in [-0.25, -0.2) is 4.79 Å². The van der Waals surface area contributed by atoms with Gasteiger partial charge in [-0.3, -0.25) is 0 Å². The number of rotatable bonds is 5. The van der Waals surface area contributed by atoms with Gasteiger partial charge < -0.3 is 14.6 Å². The molecule has 4 heteroatoms. The van der Waals surface area contributed by atoms with Crippen LogP contribution < -0.4 is 4.74 Å². The van der Waals surface area contributed by atoms with E-state index in [1.165, 1.54) is 19.2 Å². The highest BCUT2D eigenvalue weighted by Crippen LogP contribution is 2.23. The molecule has 92 valence electrons. The first-order chi connectivity index (χ1) is 7.93. The average Bonchev–Trinajstić information content (AvgIpc) is 2.26. The Bertz CT molecular complexity index is 435. The highest BCUT2D eigenvalue weighted by Gasteiger charge is 2.10. The van der Waals surface area contributed by atoms with Gasteiger partial charge in [0.15, 0.2) is 0 Å². The van der Waals surface area contributed by atoms with E-state index < -0.39 is 5.97 Å². The molecule has 0 radical (unpaired) electrons. The Morgan fingerprint density at radius 2 is 1.88 bits per heavy atom. The second-order valence-corrected chi connectivity index (χ2v) is 3.85. The van der Waals surface area contributed by atoms with Crippen molar-refractivity contribution in [3.63, 3.8) is 0 Å². The third kappa shape index (κ3) is 3.52. The van der Waals surface area contributed by atoms with Crippen molar-refractivity contribution in [1.82, 2.24) is 0 Å². The van der Waals surface area contributed by atoms with Gasteiger partial charge >= 0.3 is 5.97 Å². The lowest BCUT2D eigenvalue weighted by molar-refractivity contribution is 0.0696. The number of hydrogen-bond acceptors (Lipinski definition) is 3. The highest BCUT2D eigenvalue weighted by atomic mass is 16.5. The number of carboxylic acid groups (broad SMARTS) is 1. The second kappa shape index (κ2) is 5.39. The molecule has 1 aromatic rings. The van der Waals surface area contributed by atoms with Gasteiger partial charge in [-0.15, -0.1) is 0 Å². The molecule has 0 aromatic heterocycles. The average molecular weight is 236 g/mol. The van der Waals surface area contributed by atoms with Gasteiger partial charge in [-0.05, 0) is 32.0 Å². The van der Waals surface area contributed by atoms with Crippen LogP contribution in [-0.4, -0.2) is 24.3 Å². The monoisotopic (exact) mass is 236 g/mol. The van der Waals surface area contributed by atoms with Gasteiger partial charge in [0.25, 0.3) is 0 Å². The molecule has 0 aliphatic carbocycles. The summed E-state index contributed by atoms with van der Waals surface area (Å²) in [5.41, 5.74) is 0.749. The molecule has 0 amide bonds. The van der Waals surface area contributed by atoms with Crippen molar-refractivity contribution in [2.75, 3.05) is 7.11 Å². The first kappa shape index (κ1) is 13.1. The fraction of sp³-hybridized carbons (Fsp3) is 0.308. The summed E-state index contributed by atoms with van der Waals surface area (Å²) in [6, 6.07) is 4.69. The predicted molar refractivity (Wildman–Crippen MR) is 65.2 cm³/mol. The Hall–Kier alpha value is -1.97. The molecule has 0 heterocycles. The molecule has 0 saturated heterocycles. The molecular formula is C13H16O4. The summed E-state index contributed by atoms with van der Waals surface area (Å²) in [6.45, 7) is 7.44. The predicted octanol–water partition coefficient (Wildman–Crippen LogP) is 2.79. The Kier molecular flexibility index (Phi) is 4.15. The van der Waals surface area contributed by atoms with Gasteiger partial charge in [0.1, 0.15) is 11.5 Å². The van der Waals surface area contributed by atoms with Crippen LogP contribution in [0.1, 0.15) is 29.8 Å². The van der Waals surface area contributed by atoms with Crippen molar-refractivity contribution in [2.24, 2.45) is 0 Å². The molecule has 0 atom stereocenters. The molecule has 0 spiro atoms. The minimum atomic E-state index is -1.01. The number of hydrogen-bond donors (Lipinski definition) is 1. The third-order valence-corrected chi connectivity index (χ3v) is 2.09. The molecule has 1 rings (SSSR count). The van der Waals surface area contributed by atoms with E-state index >= 15 is 0 Å². The summed E-state index contributed by atoms with van der Waals surface area (Å²) in [6.07, 6.45) is -0.0253. The van der Waals surface area contributed by atoms with E-state index in [1.807, 2.05) is 13.8 Å². The van der Waals surface area contributed by atoms with E-state index in [4.69, 9.17) is 14.6 Å². The van der Waals surface area contributed by atoms with Crippen molar-refractivity contribution in [2.45, 2.75) is 20.0 Å². The lowest BCUT2D eigenvalue weighted by atomic mass is 10.1. The van der Waals surface area contributed by atoms with E-state index in [0.717, 1.165) is 0 Å². The number of carbonyl (C=O) groups is 1. The molecule has 0 aliphatic rings. The number of methoxy groups -OCH3 is 1. The zero-order valence-electron chi connectivity index (χ0n) is 10.2. The van der Waals surface area contributed by atoms with Crippen molar-refractivity contribution in [3.05, 3.63) is 35.9 Å². The molecule has 0 unspecified atom stereocenters. The number of carboxylic acids is 1. The summed E-state index contributed by atoms with van der Waals surface area (Å²) >= 11 is 0. The summed E-state index contributed by atoms with van der Waals surface area (Å²) in [7, 11) is 1.48. The first-order valence-corrected chi connectivity index (χ1v) is 5.22. The second-order valence-electron chi connectivity index (χ2n) is 3.85. The standard InChI is InChI=1S/C13H16O4/c1-8(2)17-12-6-10(9(3)16-4)5-11(7-12)13(14)15/h5-8H,3H2,1-2,4H3,(H,14,15). The lowest BCUT2D eigenvalue weighted by Crippen LogP contribution is -2.07. The van der Waals surface area contributed by atoms with Crippen LogP contribution in [0.15, 0.2) is 24.8 Å². The highest BCUT2D eigenvalue weighted by molar-refractivity contribution is 5.89. The van der Waals surface area contributed by atoms with Crippen LogP contribution >= 0.6 is 0 Å². The Morgan fingerprint density at radius 3 is 2.35 bits per heavy atom. The zero-order chi connectivity index (χ0) is 13.0. The van der Waals surface area contributed by atoms with Crippen molar-refractivity contribution in [3.8, 4) is 5.75 Å². The SMILES string of the molecule is C=C(OC)c1cc(OC(C)C)cc(C(=O)O)c1. The summed E-state index contributed by atoms with van der Waals surface area (Å²) < 4.78 is 10.5. The first-order valence-electron chi connectivity index (χ1n) is 5.22. The van der Waals surface area contributed by atoms with Crippen molar-refractivity contribution < 1.29 is 19.4 Å². The normalized spacial score (nSPS) is 10.1. The smallest absolute Gasteiger partial charge is 0.335 e. The summed E-state index contributed by atoms with van der Waals surface area (Å²) in [4.78, 5) is 11.0. The molecule has 1 aromatic carbocycles. The van der Waals surface area contributed by atoms with Gasteiger partial charge in [-0.2, -0.15) is 0 Å². The molecule has 0 bridgehead atoms. The maximum atomic E-state index is 11.0. The molecular weight excluding hydrogens is 220 g/mol. The fourth-order valence-electron chi connectivity index (χ4n) is 1.34. The van der Waals surface area contributed by atoms with Gasteiger partial charge in [0.2, 0.25) is 0 Å². The molecule has 4 nitrogen and oxygen atoms in total. The van der Waals surface area contributed by atoms with E-state index in [-0.39, 0.29) is 11.7 Å². The largest absolute Gasteiger partial charge is 0.497 e. The summed E-state index contributed by atoms with van der Waals surface area (Å²) in [5, 5.41) is 9.00.